The molecule has 2 rings (SSSR count). The van der Waals surface area contributed by atoms with E-state index in [1.165, 1.54) is 0 Å². The summed E-state index contributed by atoms with van der Waals surface area (Å²) in [6, 6.07) is 7.72. The summed E-state index contributed by atoms with van der Waals surface area (Å²) in [5.74, 6) is 0.280. The molecule has 0 saturated carbocycles. The van der Waals surface area contributed by atoms with Crippen molar-refractivity contribution in [3.8, 4) is 5.75 Å². The molecule has 2 aromatic rings. The third-order valence-electron chi connectivity index (χ3n) is 4.28. The summed E-state index contributed by atoms with van der Waals surface area (Å²) in [5.41, 5.74) is 4.78. The van der Waals surface area contributed by atoms with Crippen LogP contribution in [-0.2, 0) is 7.05 Å². The van der Waals surface area contributed by atoms with E-state index in [0.29, 0.717) is 0 Å². The van der Waals surface area contributed by atoms with Gasteiger partial charge in [-0.05, 0) is 50.0 Å². The fourth-order valence-electron chi connectivity index (χ4n) is 2.85. The molecule has 1 aromatic heterocycles. The van der Waals surface area contributed by atoms with Gasteiger partial charge < -0.3 is 15.0 Å². The zero-order valence-electron chi connectivity index (χ0n) is 15.7. The molecule has 1 heterocycles. The summed E-state index contributed by atoms with van der Waals surface area (Å²) in [5, 5.41) is 17.2. The molecule has 26 heavy (non-hydrogen) atoms. The molecule has 136 valence electrons. The van der Waals surface area contributed by atoms with Crippen LogP contribution in [0.4, 0.5) is 5.69 Å². The molecule has 0 aliphatic heterocycles. The number of hydrogen-bond donors (Lipinski definition) is 3. The number of nitrogens with zero attached hydrogens (tertiary/aromatic N) is 1. The largest absolute Gasteiger partial charge is 0.508 e. The van der Waals surface area contributed by atoms with Gasteiger partial charge in [0, 0.05) is 46.3 Å². The second-order valence-corrected chi connectivity index (χ2v) is 6.38. The first-order chi connectivity index (χ1) is 12.4. The van der Waals surface area contributed by atoms with Gasteiger partial charge in [0.1, 0.15) is 5.75 Å². The summed E-state index contributed by atoms with van der Waals surface area (Å²) in [6.45, 7) is 9.73. The number of hydrogen-bond acceptors (Lipinski definition) is 3. The van der Waals surface area contributed by atoms with Crippen molar-refractivity contribution < 1.29 is 5.11 Å². The number of anilines is 1. The second-order valence-electron chi connectivity index (χ2n) is 6.13. The van der Waals surface area contributed by atoms with E-state index < -0.39 is 0 Å². The molecule has 0 amide bonds. The minimum Gasteiger partial charge on any atom is -0.508 e. The molecule has 0 bridgehead atoms. The van der Waals surface area contributed by atoms with Gasteiger partial charge in [-0.3, -0.25) is 0 Å². The molecule has 0 fully saturated rings. The summed E-state index contributed by atoms with van der Waals surface area (Å²) < 4.78 is 2.12. The molecule has 0 aliphatic rings. The highest BCUT2D eigenvalue weighted by atomic mass is 32.1. The molecule has 0 saturated heterocycles. The topological polar surface area (TPSA) is 37.2 Å². The van der Waals surface area contributed by atoms with Crippen molar-refractivity contribution in [2.24, 2.45) is 7.05 Å². The quantitative estimate of drug-likeness (QED) is 0.551. The lowest BCUT2D eigenvalue weighted by Gasteiger charge is -2.08. The van der Waals surface area contributed by atoms with E-state index in [1.807, 2.05) is 58.2 Å². The second kappa shape index (κ2) is 8.68. The number of aromatic hydroxyl groups is 1. The molecule has 0 spiro atoms. The fourth-order valence-corrected chi connectivity index (χ4v) is 3.07. The Morgan fingerprint density at radius 3 is 2.62 bits per heavy atom. The van der Waals surface area contributed by atoms with Crippen LogP contribution < -0.4 is 15.9 Å². The zero-order chi connectivity index (χ0) is 19.3. The van der Waals surface area contributed by atoms with Crippen LogP contribution in [-0.4, -0.2) is 9.67 Å². The Bertz CT molecular complexity index is 994. The lowest BCUT2D eigenvalue weighted by atomic mass is 10.2. The fraction of sp³-hybridized carbons (Fsp3) is 0.182. The first-order valence-electron chi connectivity index (χ1n) is 8.46. The maximum absolute atomic E-state index is 9.94. The summed E-state index contributed by atoms with van der Waals surface area (Å²) in [6.07, 6.45) is 7.80. The number of allylic oxidation sites excluding steroid dienone is 4. The van der Waals surface area contributed by atoms with E-state index in [9.17, 15) is 5.11 Å². The minimum absolute atomic E-state index is 0.280. The number of phenolic OH excluding ortho intramolecular Hbond substituents is 1. The van der Waals surface area contributed by atoms with Crippen LogP contribution in [0.5, 0.6) is 5.75 Å². The standard InChI is InChI=1S/C22H26N2OS/c1-6-8-17(14-26)21-13-19(20(9-7-2)24(21)5)16(4)23-18-11-10-15(3)22(25)12-18/h6-14,23,25-26H,2H2,1,3-5H3/b8-6-,17-14+,19-16+,20-9+. The van der Waals surface area contributed by atoms with Gasteiger partial charge in [-0.15, -0.1) is 0 Å². The lowest BCUT2D eigenvalue weighted by Crippen LogP contribution is -2.30. The van der Waals surface area contributed by atoms with Crippen LogP contribution in [0.1, 0.15) is 25.1 Å². The third-order valence-corrected chi connectivity index (χ3v) is 4.56. The van der Waals surface area contributed by atoms with Gasteiger partial charge in [-0.2, -0.15) is 12.6 Å². The maximum atomic E-state index is 9.94. The zero-order valence-corrected chi connectivity index (χ0v) is 16.6. The van der Waals surface area contributed by atoms with Crippen molar-refractivity contribution >= 4 is 35.7 Å². The van der Waals surface area contributed by atoms with Gasteiger partial charge in [-0.25, -0.2) is 0 Å². The number of aryl methyl sites for hydroxylation is 1. The number of benzene rings is 1. The van der Waals surface area contributed by atoms with E-state index in [2.05, 4.69) is 35.2 Å². The highest BCUT2D eigenvalue weighted by Crippen LogP contribution is 2.22. The first kappa shape index (κ1) is 19.7. The first-order valence-corrected chi connectivity index (χ1v) is 8.98. The van der Waals surface area contributed by atoms with Gasteiger partial charge in [0.05, 0.1) is 0 Å². The van der Waals surface area contributed by atoms with Crippen LogP contribution in [0, 0.1) is 6.92 Å². The molecule has 4 heteroatoms. The highest BCUT2D eigenvalue weighted by Gasteiger charge is 2.08. The van der Waals surface area contributed by atoms with Crippen LogP contribution in [0.25, 0.3) is 17.3 Å². The van der Waals surface area contributed by atoms with Crippen LogP contribution in [0.3, 0.4) is 0 Å². The van der Waals surface area contributed by atoms with E-state index in [-0.39, 0.29) is 5.75 Å². The highest BCUT2D eigenvalue weighted by molar-refractivity contribution is 7.83. The predicted molar refractivity (Wildman–Crippen MR) is 117 cm³/mol. The third kappa shape index (κ3) is 4.14. The summed E-state index contributed by atoms with van der Waals surface area (Å²) in [4.78, 5) is 0. The monoisotopic (exact) mass is 366 g/mol. The van der Waals surface area contributed by atoms with E-state index >= 15 is 0 Å². The SMILES string of the molecule is C=C/C=c1\c(=C(/C)Nc2ccc(C)c(O)c2)cc(C(/C=C\C)=C/S)n1C. The Labute approximate surface area is 160 Å². The summed E-state index contributed by atoms with van der Waals surface area (Å²) >= 11 is 4.35. The van der Waals surface area contributed by atoms with E-state index in [0.717, 1.165) is 38.8 Å². The molecule has 0 atom stereocenters. The smallest absolute Gasteiger partial charge is 0.120 e. The van der Waals surface area contributed by atoms with Gasteiger partial charge in [0.15, 0.2) is 0 Å². The van der Waals surface area contributed by atoms with Crippen LogP contribution in [0.15, 0.2) is 54.5 Å². The summed E-state index contributed by atoms with van der Waals surface area (Å²) in [7, 11) is 2.03. The van der Waals surface area contributed by atoms with Crippen LogP contribution in [0.2, 0.25) is 0 Å². The average Bonchev–Trinajstić information content (AvgIpc) is 2.93. The molecule has 3 nitrogen and oxygen atoms in total. The minimum atomic E-state index is 0.280. The van der Waals surface area contributed by atoms with Gasteiger partial charge >= 0.3 is 0 Å². The normalized spacial score (nSPS) is 14.0. The number of aromatic nitrogens is 1. The van der Waals surface area contributed by atoms with Crippen molar-refractivity contribution in [2.45, 2.75) is 20.8 Å². The number of phenols is 1. The van der Waals surface area contributed by atoms with Crippen LogP contribution >= 0.6 is 12.6 Å². The van der Waals surface area contributed by atoms with Crippen molar-refractivity contribution in [1.82, 2.24) is 4.57 Å². The van der Waals surface area contributed by atoms with Crippen molar-refractivity contribution in [1.29, 1.82) is 0 Å². The Morgan fingerprint density at radius 2 is 2.04 bits per heavy atom. The molecular weight excluding hydrogens is 340 g/mol. The molecular formula is C22H26N2OS. The Hall–Kier alpha value is -2.59. The van der Waals surface area contributed by atoms with Crippen molar-refractivity contribution in [3.05, 3.63) is 76.3 Å². The van der Waals surface area contributed by atoms with Crippen molar-refractivity contribution in [2.75, 3.05) is 5.32 Å². The lowest BCUT2D eigenvalue weighted by molar-refractivity contribution is 0.471. The van der Waals surface area contributed by atoms with Gasteiger partial charge in [-0.1, -0.05) is 30.9 Å². The molecule has 2 N–H and O–H groups in total. The number of nitrogens with one attached hydrogen (secondary N) is 1. The molecule has 0 radical (unpaired) electrons. The van der Waals surface area contributed by atoms with E-state index in [1.54, 1.807) is 17.6 Å². The number of thiol groups is 1. The predicted octanol–water partition coefficient (Wildman–Crippen LogP) is 4.09. The Balaban J connectivity index is 2.66. The van der Waals surface area contributed by atoms with Crippen molar-refractivity contribution in [3.63, 3.8) is 0 Å². The Morgan fingerprint density at radius 1 is 1.31 bits per heavy atom. The Kier molecular flexibility index (Phi) is 6.58. The molecule has 0 unspecified atom stereocenters. The van der Waals surface area contributed by atoms with E-state index in [4.69, 9.17) is 0 Å². The maximum Gasteiger partial charge on any atom is 0.120 e. The molecule has 0 aliphatic carbocycles. The van der Waals surface area contributed by atoms with Gasteiger partial charge in [0.25, 0.3) is 0 Å². The van der Waals surface area contributed by atoms with Gasteiger partial charge in [0.2, 0.25) is 0 Å². The number of rotatable bonds is 5. The average molecular weight is 367 g/mol. The molecule has 1 aromatic carbocycles.